The molecule has 0 aliphatic rings. The predicted octanol–water partition coefficient (Wildman–Crippen LogP) is 3.21. The first-order valence-corrected chi connectivity index (χ1v) is 4.98. The summed E-state index contributed by atoms with van der Waals surface area (Å²) in [5.41, 5.74) is 0. The van der Waals surface area contributed by atoms with Gasteiger partial charge in [0.15, 0.2) is 0 Å². The molecular weight excluding hydrogens is 152 g/mol. The highest BCUT2D eigenvalue weighted by Crippen LogP contribution is 1.88. The SMILES string of the molecule is CCCCC.CCOCOCC. The van der Waals surface area contributed by atoms with Crippen LogP contribution in [0.15, 0.2) is 0 Å². The molecule has 2 nitrogen and oxygen atoms in total. The van der Waals surface area contributed by atoms with Crippen molar-refractivity contribution in [2.75, 3.05) is 20.0 Å². The summed E-state index contributed by atoms with van der Waals surface area (Å²) in [4.78, 5) is 0. The minimum atomic E-state index is 0.438. The number of hydrogen-bond donors (Lipinski definition) is 0. The predicted molar refractivity (Wildman–Crippen MR) is 53.3 cm³/mol. The molecular formula is C10H24O2. The molecule has 0 saturated carbocycles. The molecule has 0 rings (SSSR count). The van der Waals surface area contributed by atoms with Gasteiger partial charge in [0.1, 0.15) is 6.79 Å². The van der Waals surface area contributed by atoms with Crippen LogP contribution in [0.4, 0.5) is 0 Å². The summed E-state index contributed by atoms with van der Waals surface area (Å²) in [6.45, 7) is 10.2. The van der Waals surface area contributed by atoms with Gasteiger partial charge in [-0.15, -0.1) is 0 Å². The molecule has 0 amide bonds. The molecule has 0 spiro atoms. The largest absolute Gasteiger partial charge is 0.356 e. The molecule has 0 aromatic heterocycles. The lowest BCUT2D eigenvalue weighted by Gasteiger charge is -1.97. The first-order valence-electron chi connectivity index (χ1n) is 4.98. The van der Waals surface area contributed by atoms with Crippen LogP contribution in [0.25, 0.3) is 0 Å². The van der Waals surface area contributed by atoms with Crippen molar-refractivity contribution in [3.63, 3.8) is 0 Å². The van der Waals surface area contributed by atoms with Crippen LogP contribution in [0.1, 0.15) is 47.0 Å². The van der Waals surface area contributed by atoms with Crippen molar-refractivity contribution in [1.82, 2.24) is 0 Å². The zero-order valence-electron chi connectivity index (χ0n) is 9.06. The third kappa shape index (κ3) is 22.5. The van der Waals surface area contributed by atoms with Gasteiger partial charge in [-0.25, -0.2) is 0 Å². The Morgan fingerprint density at radius 2 is 1.17 bits per heavy atom. The molecule has 12 heavy (non-hydrogen) atoms. The normalized spacial score (nSPS) is 9.00. The van der Waals surface area contributed by atoms with Crippen LogP contribution in [0.3, 0.4) is 0 Å². The first-order chi connectivity index (χ1) is 5.83. The van der Waals surface area contributed by atoms with Gasteiger partial charge in [-0.05, 0) is 13.8 Å². The highest BCUT2D eigenvalue weighted by molar-refractivity contribution is 4.24. The number of rotatable bonds is 6. The van der Waals surface area contributed by atoms with Gasteiger partial charge >= 0.3 is 0 Å². The van der Waals surface area contributed by atoms with Gasteiger partial charge in [0, 0.05) is 13.2 Å². The van der Waals surface area contributed by atoms with Crippen LogP contribution < -0.4 is 0 Å². The van der Waals surface area contributed by atoms with Crippen LogP contribution in [-0.4, -0.2) is 20.0 Å². The van der Waals surface area contributed by atoms with Crippen molar-refractivity contribution >= 4 is 0 Å². The third-order valence-corrected chi connectivity index (χ3v) is 1.28. The fourth-order valence-electron chi connectivity index (χ4n) is 0.579. The maximum absolute atomic E-state index is 4.85. The molecule has 0 unspecified atom stereocenters. The summed E-state index contributed by atoms with van der Waals surface area (Å²) < 4.78 is 9.70. The van der Waals surface area contributed by atoms with Gasteiger partial charge in [-0.2, -0.15) is 0 Å². The summed E-state index contributed by atoms with van der Waals surface area (Å²) in [7, 11) is 0. The van der Waals surface area contributed by atoms with Gasteiger partial charge in [0.25, 0.3) is 0 Å². The van der Waals surface area contributed by atoms with E-state index in [0.717, 1.165) is 13.2 Å². The van der Waals surface area contributed by atoms with E-state index in [2.05, 4.69) is 13.8 Å². The van der Waals surface area contributed by atoms with Crippen LogP contribution in [-0.2, 0) is 9.47 Å². The Labute approximate surface area is 77.3 Å². The fourth-order valence-corrected chi connectivity index (χ4v) is 0.579. The molecule has 0 fully saturated rings. The first kappa shape index (κ1) is 14.4. The summed E-state index contributed by atoms with van der Waals surface area (Å²) in [6, 6.07) is 0. The molecule has 0 atom stereocenters. The zero-order valence-corrected chi connectivity index (χ0v) is 9.06. The molecule has 0 aliphatic heterocycles. The Morgan fingerprint density at radius 3 is 1.33 bits per heavy atom. The molecule has 0 saturated heterocycles. The Balaban J connectivity index is 0. The van der Waals surface area contributed by atoms with E-state index in [0.29, 0.717) is 6.79 Å². The van der Waals surface area contributed by atoms with E-state index in [1.165, 1.54) is 19.3 Å². The minimum absolute atomic E-state index is 0.438. The average Bonchev–Trinajstić information content (AvgIpc) is 2.08. The topological polar surface area (TPSA) is 18.5 Å². The zero-order chi connectivity index (χ0) is 9.66. The molecule has 2 heteroatoms. The molecule has 0 N–H and O–H groups in total. The van der Waals surface area contributed by atoms with Gasteiger partial charge in [0.2, 0.25) is 0 Å². The molecule has 0 heterocycles. The summed E-state index contributed by atoms with van der Waals surface area (Å²) >= 11 is 0. The second kappa shape index (κ2) is 17.1. The van der Waals surface area contributed by atoms with Crippen LogP contribution in [0.2, 0.25) is 0 Å². The lowest BCUT2D eigenvalue weighted by molar-refractivity contribution is -0.0445. The van der Waals surface area contributed by atoms with Crippen molar-refractivity contribution in [2.24, 2.45) is 0 Å². The summed E-state index contributed by atoms with van der Waals surface area (Å²) in [5, 5.41) is 0. The van der Waals surface area contributed by atoms with Crippen molar-refractivity contribution in [3.05, 3.63) is 0 Å². The average molecular weight is 176 g/mol. The molecule has 0 aliphatic carbocycles. The second-order valence-electron chi connectivity index (χ2n) is 2.46. The second-order valence-corrected chi connectivity index (χ2v) is 2.46. The summed E-state index contributed by atoms with van der Waals surface area (Å²) in [6.07, 6.45) is 4.08. The van der Waals surface area contributed by atoms with Crippen molar-refractivity contribution in [2.45, 2.75) is 47.0 Å². The van der Waals surface area contributed by atoms with E-state index >= 15 is 0 Å². The van der Waals surface area contributed by atoms with E-state index in [1.54, 1.807) is 0 Å². The maximum Gasteiger partial charge on any atom is 0.146 e. The number of unbranched alkanes of at least 4 members (excludes halogenated alkanes) is 2. The fraction of sp³-hybridized carbons (Fsp3) is 1.00. The molecule has 76 valence electrons. The standard InChI is InChI=1S/C5H12O2.C5H12/c1-3-6-5-7-4-2;1-3-5-4-2/h3-5H2,1-2H3;3-5H2,1-2H3. The molecule has 0 radical (unpaired) electrons. The van der Waals surface area contributed by atoms with Gasteiger partial charge < -0.3 is 9.47 Å². The summed E-state index contributed by atoms with van der Waals surface area (Å²) in [5.74, 6) is 0. The third-order valence-electron chi connectivity index (χ3n) is 1.28. The van der Waals surface area contributed by atoms with Gasteiger partial charge in [-0.1, -0.05) is 33.1 Å². The van der Waals surface area contributed by atoms with Crippen molar-refractivity contribution in [1.29, 1.82) is 0 Å². The Bertz CT molecular complexity index is 49.8. The highest BCUT2D eigenvalue weighted by Gasteiger charge is 1.76. The number of hydrogen-bond acceptors (Lipinski definition) is 2. The van der Waals surface area contributed by atoms with Crippen LogP contribution in [0.5, 0.6) is 0 Å². The smallest absolute Gasteiger partial charge is 0.146 e. The molecule has 0 aromatic carbocycles. The lowest BCUT2D eigenvalue weighted by atomic mass is 10.3. The van der Waals surface area contributed by atoms with E-state index in [4.69, 9.17) is 9.47 Å². The van der Waals surface area contributed by atoms with E-state index in [9.17, 15) is 0 Å². The van der Waals surface area contributed by atoms with Gasteiger partial charge in [0.05, 0.1) is 0 Å². The molecule has 0 aromatic rings. The maximum atomic E-state index is 4.85. The minimum Gasteiger partial charge on any atom is -0.356 e. The number of ether oxygens (including phenoxy) is 2. The quantitative estimate of drug-likeness (QED) is 0.457. The van der Waals surface area contributed by atoms with Crippen LogP contribution >= 0.6 is 0 Å². The Kier molecular flexibility index (Phi) is 20.6. The van der Waals surface area contributed by atoms with E-state index in [-0.39, 0.29) is 0 Å². The Hall–Kier alpha value is -0.0800. The van der Waals surface area contributed by atoms with E-state index < -0.39 is 0 Å². The lowest BCUT2D eigenvalue weighted by Crippen LogP contribution is -1.97. The Morgan fingerprint density at radius 1 is 0.750 bits per heavy atom. The van der Waals surface area contributed by atoms with Crippen molar-refractivity contribution in [3.8, 4) is 0 Å². The van der Waals surface area contributed by atoms with Crippen LogP contribution in [0, 0.1) is 0 Å². The highest BCUT2D eigenvalue weighted by atomic mass is 16.7. The molecule has 0 bridgehead atoms. The van der Waals surface area contributed by atoms with Crippen molar-refractivity contribution < 1.29 is 9.47 Å². The monoisotopic (exact) mass is 176 g/mol. The van der Waals surface area contributed by atoms with Gasteiger partial charge in [-0.3, -0.25) is 0 Å². The van der Waals surface area contributed by atoms with E-state index in [1.807, 2.05) is 13.8 Å².